The lowest BCUT2D eigenvalue weighted by molar-refractivity contribution is 0.415. The molecular weight excluding hydrogens is 250 g/mol. The molecular formula is C16H21N3O. The average Bonchev–Trinajstić information content (AvgIpc) is 2.53. The van der Waals surface area contributed by atoms with Gasteiger partial charge in [-0.2, -0.15) is 0 Å². The normalized spacial score (nSPS) is 12.0. The molecule has 0 radical (unpaired) electrons. The summed E-state index contributed by atoms with van der Waals surface area (Å²) in [6, 6.07) is 12.0. The molecule has 4 nitrogen and oxygen atoms in total. The van der Waals surface area contributed by atoms with E-state index < -0.39 is 0 Å². The Balaban J connectivity index is 2.17. The Morgan fingerprint density at radius 3 is 2.30 bits per heavy atom. The smallest absolute Gasteiger partial charge is 0.119 e. The Morgan fingerprint density at radius 1 is 1.15 bits per heavy atom. The van der Waals surface area contributed by atoms with Gasteiger partial charge in [0, 0.05) is 18.8 Å². The summed E-state index contributed by atoms with van der Waals surface area (Å²) < 4.78 is 5.16. The Hall–Kier alpha value is -2.07. The van der Waals surface area contributed by atoms with E-state index in [2.05, 4.69) is 16.8 Å². The van der Waals surface area contributed by atoms with Crippen LogP contribution >= 0.6 is 0 Å². The van der Waals surface area contributed by atoms with Crippen LogP contribution in [0.5, 0.6) is 5.75 Å². The number of benzene rings is 1. The molecule has 2 rings (SSSR count). The summed E-state index contributed by atoms with van der Waals surface area (Å²) in [7, 11) is 3.68. The van der Waals surface area contributed by atoms with Crippen molar-refractivity contribution in [1.82, 2.24) is 4.98 Å². The first-order chi connectivity index (χ1) is 9.65. The zero-order valence-electron chi connectivity index (χ0n) is 12.2. The van der Waals surface area contributed by atoms with Crippen LogP contribution in [0.4, 0.5) is 11.4 Å². The van der Waals surface area contributed by atoms with Gasteiger partial charge in [-0.3, -0.25) is 4.98 Å². The van der Waals surface area contributed by atoms with Crippen LogP contribution in [0, 0.1) is 0 Å². The first-order valence-electron chi connectivity index (χ1n) is 6.75. The summed E-state index contributed by atoms with van der Waals surface area (Å²) in [6.07, 6.45) is 2.75. The first-order valence-corrected chi connectivity index (χ1v) is 6.75. The van der Waals surface area contributed by atoms with E-state index in [1.165, 1.54) is 0 Å². The molecule has 0 aliphatic rings. The van der Waals surface area contributed by atoms with E-state index in [0.717, 1.165) is 29.2 Å². The van der Waals surface area contributed by atoms with E-state index in [-0.39, 0.29) is 6.04 Å². The second-order valence-corrected chi connectivity index (χ2v) is 4.71. The topological polar surface area (TPSA) is 51.4 Å². The fraction of sp³-hybridized carbons (Fsp3) is 0.312. The summed E-state index contributed by atoms with van der Waals surface area (Å²) in [5.41, 5.74) is 9.02. The highest BCUT2D eigenvalue weighted by molar-refractivity contribution is 5.62. The zero-order chi connectivity index (χ0) is 14.5. The van der Waals surface area contributed by atoms with Gasteiger partial charge in [0.1, 0.15) is 5.75 Å². The minimum atomic E-state index is 0.00958. The molecule has 1 atom stereocenters. The minimum absolute atomic E-state index is 0.00958. The van der Waals surface area contributed by atoms with Crippen molar-refractivity contribution in [2.75, 3.05) is 19.1 Å². The highest BCUT2D eigenvalue weighted by Gasteiger charge is 2.08. The van der Waals surface area contributed by atoms with Crippen molar-refractivity contribution in [2.45, 2.75) is 19.4 Å². The molecule has 0 fully saturated rings. The fourth-order valence-corrected chi connectivity index (χ4v) is 1.98. The van der Waals surface area contributed by atoms with Crippen LogP contribution in [0.3, 0.4) is 0 Å². The predicted molar refractivity (Wildman–Crippen MR) is 82.5 cm³/mol. The van der Waals surface area contributed by atoms with Crippen LogP contribution in [0.1, 0.15) is 25.1 Å². The van der Waals surface area contributed by atoms with Crippen LogP contribution in [0.15, 0.2) is 42.6 Å². The van der Waals surface area contributed by atoms with Gasteiger partial charge in [0.25, 0.3) is 0 Å². The number of anilines is 2. The molecule has 0 aliphatic carbocycles. The number of nitrogens with zero attached hydrogens (tertiary/aromatic N) is 2. The molecule has 4 heteroatoms. The number of pyridine rings is 1. The Bertz CT molecular complexity index is 537. The van der Waals surface area contributed by atoms with E-state index >= 15 is 0 Å². The maximum absolute atomic E-state index is 5.97. The van der Waals surface area contributed by atoms with Gasteiger partial charge < -0.3 is 15.4 Å². The van der Waals surface area contributed by atoms with Crippen molar-refractivity contribution in [3.8, 4) is 5.75 Å². The van der Waals surface area contributed by atoms with Gasteiger partial charge in [0.05, 0.1) is 24.7 Å². The molecule has 1 aromatic carbocycles. The van der Waals surface area contributed by atoms with Crippen LogP contribution in [-0.4, -0.2) is 19.1 Å². The third-order valence-corrected chi connectivity index (χ3v) is 3.44. The van der Waals surface area contributed by atoms with Crippen molar-refractivity contribution in [3.63, 3.8) is 0 Å². The lowest BCUT2D eigenvalue weighted by Crippen LogP contribution is -2.13. The lowest BCUT2D eigenvalue weighted by atomic mass is 10.1. The predicted octanol–water partition coefficient (Wildman–Crippen LogP) is 3.27. The van der Waals surface area contributed by atoms with Gasteiger partial charge in [-0.25, -0.2) is 0 Å². The third kappa shape index (κ3) is 3.08. The SMILES string of the molecule is CC[C@@H](N)c1ccc(N(C)c2ccc(OC)cc2)cn1. The second-order valence-electron chi connectivity index (χ2n) is 4.71. The average molecular weight is 271 g/mol. The molecule has 2 N–H and O–H groups in total. The number of methoxy groups -OCH3 is 1. The number of nitrogens with two attached hydrogens (primary N) is 1. The van der Waals surface area contributed by atoms with Crippen molar-refractivity contribution in [3.05, 3.63) is 48.3 Å². The lowest BCUT2D eigenvalue weighted by Gasteiger charge is -2.20. The highest BCUT2D eigenvalue weighted by atomic mass is 16.5. The van der Waals surface area contributed by atoms with E-state index in [1.54, 1.807) is 7.11 Å². The Labute approximate surface area is 120 Å². The molecule has 0 saturated carbocycles. The molecule has 0 unspecified atom stereocenters. The molecule has 0 bridgehead atoms. The van der Waals surface area contributed by atoms with Gasteiger partial charge >= 0.3 is 0 Å². The number of ether oxygens (including phenoxy) is 1. The van der Waals surface area contributed by atoms with Crippen molar-refractivity contribution >= 4 is 11.4 Å². The minimum Gasteiger partial charge on any atom is -0.497 e. The monoisotopic (exact) mass is 271 g/mol. The fourth-order valence-electron chi connectivity index (χ4n) is 1.98. The quantitative estimate of drug-likeness (QED) is 0.906. The second kappa shape index (κ2) is 6.39. The first kappa shape index (κ1) is 14.3. The van der Waals surface area contributed by atoms with Crippen LogP contribution in [0.25, 0.3) is 0 Å². The van der Waals surface area contributed by atoms with E-state index in [9.17, 15) is 0 Å². The standard InChI is InChI=1S/C16H21N3O/c1-4-15(17)16-10-7-13(11-18-16)19(2)12-5-8-14(20-3)9-6-12/h5-11,15H,4,17H2,1-3H3/t15-/m1/s1. The molecule has 1 aromatic heterocycles. The van der Waals surface area contributed by atoms with Crippen molar-refractivity contribution in [1.29, 1.82) is 0 Å². The third-order valence-electron chi connectivity index (χ3n) is 3.44. The summed E-state index contributed by atoms with van der Waals surface area (Å²) in [6.45, 7) is 2.06. The molecule has 2 aromatic rings. The van der Waals surface area contributed by atoms with Gasteiger partial charge in [0.2, 0.25) is 0 Å². The molecule has 1 heterocycles. The molecule has 0 aliphatic heterocycles. The van der Waals surface area contributed by atoms with E-state index in [1.807, 2.05) is 49.6 Å². The van der Waals surface area contributed by atoms with Crippen molar-refractivity contribution < 1.29 is 4.74 Å². The van der Waals surface area contributed by atoms with Crippen LogP contribution in [-0.2, 0) is 0 Å². The summed E-state index contributed by atoms with van der Waals surface area (Å²) >= 11 is 0. The summed E-state index contributed by atoms with van der Waals surface area (Å²) in [5, 5.41) is 0. The number of hydrogen-bond acceptors (Lipinski definition) is 4. The molecule has 0 saturated heterocycles. The summed E-state index contributed by atoms with van der Waals surface area (Å²) in [5.74, 6) is 0.851. The number of hydrogen-bond donors (Lipinski definition) is 1. The van der Waals surface area contributed by atoms with E-state index in [4.69, 9.17) is 10.5 Å². The van der Waals surface area contributed by atoms with Gasteiger partial charge in [-0.05, 0) is 42.8 Å². The van der Waals surface area contributed by atoms with Gasteiger partial charge in [-0.15, -0.1) is 0 Å². The Morgan fingerprint density at radius 2 is 1.80 bits per heavy atom. The van der Waals surface area contributed by atoms with Gasteiger partial charge in [0.15, 0.2) is 0 Å². The molecule has 106 valence electrons. The van der Waals surface area contributed by atoms with Gasteiger partial charge in [-0.1, -0.05) is 6.92 Å². The summed E-state index contributed by atoms with van der Waals surface area (Å²) in [4.78, 5) is 6.52. The maximum Gasteiger partial charge on any atom is 0.119 e. The van der Waals surface area contributed by atoms with Crippen LogP contribution < -0.4 is 15.4 Å². The molecule has 20 heavy (non-hydrogen) atoms. The zero-order valence-corrected chi connectivity index (χ0v) is 12.2. The highest BCUT2D eigenvalue weighted by Crippen LogP contribution is 2.25. The maximum atomic E-state index is 5.97. The Kier molecular flexibility index (Phi) is 4.58. The largest absolute Gasteiger partial charge is 0.497 e. The van der Waals surface area contributed by atoms with E-state index in [0.29, 0.717) is 0 Å². The molecule has 0 amide bonds. The number of aromatic nitrogens is 1. The van der Waals surface area contributed by atoms with Crippen LogP contribution in [0.2, 0.25) is 0 Å². The molecule has 0 spiro atoms. The number of rotatable bonds is 5. The van der Waals surface area contributed by atoms with Crippen molar-refractivity contribution in [2.24, 2.45) is 5.73 Å².